The Labute approximate surface area is 159 Å². The van der Waals surface area contributed by atoms with E-state index < -0.39 is 6.61 Å². The first-order chi connectivity index (χ1) is 12.5. The van der Waals surface area contributed by atoms with Crippen LogP contribution in [0.1, 0.15) is 18.3 Å². The number of guanidine groups is 1. The molecule has 0 saturated carbocycles. The molecule has 0 bridgehead atoms. The van der Waals surface area contributed by atoms with Crippen LogP contribution >= 0.6 is 15.9 Å². The first kappa shape index (κ1) is 20.1. The summed E-state index contributed by atoms with van der Waals surface area (Å²) in [4.78, 5) is 4.13. The number of rotatable bonds is 8. The number of aliphatic imine (C=N–C) groups is 1. The van der Waals surface area contributed by atoms with Crippen molar-refractivity contribution in [2.24, 2.45) is 4.99 Å². The Bertz CT molecular complexity index is 737. The second-order valence-corrected chi connectivity index (χ2v) is 6.19. The van der Waals surface area contributed by atoms with Crippen molar-refractivity contribution in [1.29, 1.82) is 0 Å². The molecule has 142 valence electrons. The second kappa shape index (κ2) is 10.0. The van der Waals surface area contributed by atoms with Gasteiger partial charge in [-0.3, -0.25) is 4.99 Å². The lowest BCUT2D eigenvalue weighted by Gasteiger charge is -2.15. The maximum Gasteiger partial charge on any atom is 0.387 e. The molecule has 1 heterocycles. The highest BCUT2D eigenvalue weighted by Crippen LogP contribution is 2.24. The van der Waals surface area contributed by atoms with Gasteiger partial charge < -0.3 is 19.9 Å². The van der Waals surface area contributed by atoms with Crippen molar-refractivity contribution in [3.05, 3.63) is 40.4 Å². The maximum atomic E-state index is 12.5. The second-order valence-electron chi connectivity index (χ2n) is 5.28. The highest BCUT2D eigenvalue weighted by Gasteiger charge is 2.11. The molecule has 2 N–H and O–H groups in total. The normalized spacial score (nSPS) is 11.7. The summed E-state index contributed by atoms with van der Waals surface area (Å²) >= 11 is 3.33. The number of benzene rings is 1. The molecule has 26 heavy (non-hydrogen) atoms. The number of alkyl halides is 2. The van der Waals surface area contributed by atoms with E-state index in [4.69, 9.17) is 0 Å². The Morgan fingerprint density at radius 3 is 2.88 bits per heavy atom. The van der Waals surface area contributed by atoms with Gasteiger partial charge in [-0.05, 0) is 18.2 Å². The zero-order chi connectivity index (χ0) is 18.9. The lowest BCUT2D eigenvalue weighted by Crippen LogP contribution is -2.38. The third kappa shape index (κ3) is 5.94. The highest BCUT2D eigenvalue weighted by atomic mass is 79.9. The van der Waals surface area contributed by atoms with Crippen LogP contribution in [0.5, 0.6) is 5.75 Å². The summed E-state index contributed by atoms with van der Waals surface area (Å²) in [6.45, 7) is 0.736. The molecule has 0 aliphatic heterocycles. The smallest absolute Gasteiger partial charge is 0.387 e. The largest absolute Gasteiger partial charge is 0.434 e. The van der Waals surface area contributed by atoms with Crippen LogP contribution in [0.25, 0.3) is 0 Å². The molecule has 2 rings (SSSR count). The molecule has 0 saturated heterocycles. The standard InChI is InChI=1S/C16H21BrF2N6O/c1-3-14-24-23-10-25(14)7-6-21-16(20-2)22-9-11-8-12(17)4-5-13(11)26-15(18)19/h4-5,8,10,15H,3,6-7,9H2,1-2H3,(H2,20,21,22). The Balaban J connectivity index is 1.89. The summed E-state index contributed by atoms with van der Waals surface area (Å²) in [6.07, 6.45) is 2.49. The average molecular weight is 431 g/mol. The quantitative estimate of drug-likeness (QED) is 0.497. The Morgan fingerprint density at radius 2 is 2.19 bits per heavy atom. The summed E-state index contributed by atoms with van der Waals surface area (Å²) < 4.78 is 32.3. The predicted octanol–water partition coefficient (Wildman–Crippen LogP) is 2.57. The zero-order valence-corrected chi connectivity index (χ0v) is 16.1. The fourth-order valence-corrected chi connectivity index (χ4v) is 2.74. The number of aromatic nitrogens is 3. The van der Waals surface area contributed by atoms with Crippen LogP contribution in [0.3, 0.4) is 0 Å². The third-order valence-electron chi connectivity index (χ3n) is 3.57. The van der Waals surface area contributed by atoms with Gasteiger partial charge >= 0.3 is 6.61 Å². The van der Waals surface area contributed by atoms with Crippen molar-refractivity contribution >= 4 is 21.9 Å². The lowest BCUT2D eigenvalue weighted by atomic mass is 10.2. The fourth-order valence-electron chi connectivity index (χ4n) is 2.33. The van der Waals surface area contributed by atoms with E-state index in [1.54, 1.807) is 25.5 Å². The summed E-state index contributed by atoms with van der Waals surface area (Å²) in [7, 11) is 1.64. The molecule has 2 aromatic rings. The highest BCUT2D eigenvalue weighted by molar-refractivity contribution is 9.10. The van der Waals surface area contributed by atoms with E-state index in [9.17, 15) is 8.78 Å². The Kier molecular flexibility index (Phi) is 7.76. The van der Waals surface area contributed by atoms with Crippen molar-refractivity contribution < 1.29 is 13.5 Å². The van der Waals surface area contributed by atoms with Gasteiger partial charge in [-0.25, -0.2) is 0 Å². The van der Waals surface area contributed by atoms with Gasteiger partial charge in [0.1, 0.15) is 17.9 Å². The van der Waals surface area contributed by atoms with Crippen molar-refractivity contribution in [1.82, 2.24) is 25.4 Å². The minimum atomic E-state index is -2.87. The molecular formula is C16H21BrF2N6O. The van der Waals surface area contributed by atoms with Gasteiger partial charge in [0.15, 0.2) is 5.96 Å². The molecular weight excluding hydrogens is 410 g/mol. The van der Waals surface area contributed by atoms with Crippen LogP contribution in [0.15, 0.2) is 34.0 Å². The molecule has 0 unspecified atom stereocenters. The molecule has 0 fully saturated rings. The number of nitrogens with zero attached hydrogens (tertiary/aromatic N) is 4. The molecule has 0 radical (unpaired) electrons. The van der Waals surface area contributed by atoms with Crippen LogP contribution in [0.4, 0.5) is 8.78 Å². The van der Waals surface area contributed by atoms with Crippen molar-refractivity contribution in [2.75, 3.05) is 13.6 Å². The van der Waals surface area contributed by atoms with Crippen molar-refractivity contribution in [3.8, 4) is 5.75 Å². The van der Waals surface area contributed by atoms with Crippen molar-refractivity contribution in [2.45, 2.75) is 33.0 Å². The van der Waals surface area contributed by atoms with E-state index >= 15 is 0 Å². The number of nitrogens with one attached hydrogen (secondary N) is 2. The number of aryl methyl sites for hydroxylation is 1. The van der Waals surface area contributed by atoms with Crippen LogP contribution in [-0.2, 0) is 19.5 Å². The summed E-state index contributed by atoms with van der Waals surface area (Å²) in [6, 6.07) is 4.88. The molecule has 10 heteroatoms. The molecule has 0 atom stereocenters. The molecule has 1 aromatic heterocycles. The Morgan fingerprint density at radius 1 is 1.38 bits per heavy atom. The monoisotopic (exact) mass is 430 g/mol. The van der Waals surface area contributed by atoms with E-state index in [1.165, 1.54) is 6.07 Å². The number of hydrogen-bond donors (Lipinski definition) is 2. The van der Waals surface area contributed by atoms with Gasteiger partial charge in [0.25, 0.3) is 0 Å². The fraction of sp³-hybridized carbons (Fsp3) is 0.438. The molecule has 1 aromatic carbocycles. The van der Waals surface area contributed by atoms with E-state index in [2.05, 4.69) is 46.5 Å². The van der Waals surface area contributed by atoms with Gasteiger partial charge in [0, 0.05) is 43.1 Å². The number of hydrogen-bond acceptors (Lipinski definition) is 4. The van der Waals surface area contributed by atoms with Crippen LogP contribution in [0.2, 0.25) is 0 Å². The summed E-state index contributed by atoms with van der Waals surface area (Å²) in [5, 5.41) is 14.2. The molecule has 0 aliphatic carbocycles. The van der Waals surface area contributed by atoms with E-state index in [-0.39, 0.29) is 12.3 Å². The van der Waals surface area contributed by atoms with E-state index in [0.717, 1.165) is 16.7 Å². The topological polar surface area (TPSA) is 76.4 Å². The number of ether oxygens (including phenoxy) is 1. The van der Waals surface area contributed by atoms with Gasteiger partial charge in [-0.15, -0.1) is 10.2 Å². The minimum Gasteiger partial charge on any atom is -0.434 e. The van der Waals surface area contributed by atoms with E-state index in [0.29, 0.717) is 24.6 Å². The van der Waals surface area contributed by atoms with Crippen LogP contribution < -0.4 is 15.4 Å². The van der Waals surface area contributed by atoms with Gasteiger partial charge in [-0.2, -0.15) is 8.78 Å². The first-order valence-corrected chi connectivity index (χ1v) is 8.87. The van der Waals surface area contributed by atoms with Crippen LogP contribution in [-0.4, -0.2) is 40.9 Å². The van der Waals surface area contributed by atoms with Crippen LogP contribution in [0, 0.1) is 0 Å². The minimum absolute atomic E-state index is 0.128. The summed E-state index contributed by atoms with van der Waals surface area (Å²) in [5.74, 6) is 1.60. The van der Waals surface area contributed by atoms with Gasteiger partial charge in [-0.1, -0.05) is 22.9 Å². The zero-order valence-electron chi connectivity index (χ0n) is 14.5. The van der Waals surface area contributed by atoms with E-state index in [1.807, 2.05) is 11.5 Å². The predicted molar refractivity (Wildman–Crippen MR) is 98.4 cm³/mol. The molecule has 7 nitrogen and oxygen atoms in total. The van der Waals surface area contributed by atoms with Gasteiger partial charge in [0.05, 0.1) is 0 Å². The lowest BCUT2D eigenvalue weighted by molar-refractivity contribution is -0.0504. The maximum absolute atomic E-state index is 12.5. The number of halogens is 3. The first-order valence-electron chi connectivity index (χ1n) is 8.08. The SMILES string of the molecule is CCc1nncn1CCNC(=NC)NCc1cc(Br)ccc1OC(F)F. The Hall–Kier alpha value is -2.23. The molecule has 0 spiro atoms. The van der Waals surface area contributed by atoms with Gasteiger partial charge in [0.2, 0.25) is 0 Å². The van der Waals surface area contributed by atoms with Crippen molar-refractivity contribution in [3.63, 3.8) is 0 Å². The molecule has 0 amide bonds. The summed E-state index contributed by atoms with van der Waals surface area (Å²) in [5.41, 5.74) is 0.592. The molecule has 0 aliphatic rings. The third-order valence-corrected chi connectivity index (χ3v) is 4.06. The average Bonchev–Trinajstić information content (AvgIpc) is 3.07.